The molecular formula is C29H33F3N2O5. The topological polar surface area (TPSA) is 78.0 Å². The van der Waals surface area contributed by atoms with Crippen LogP contribution in [-0.4, -0.2) is 54.2 Å². The second kappa shape index (κ2) is 11.0. The number of carbonyl (C=O) groups is 2. The van der Waals surface area contributed by atoms with Crippen LogP contribution >= 0.6 is 0 Å². The lowest BCUT2D eigenvalue weighted by atomic mass is 9.69. The number of hydrogen-bond acceptors (Lipinski definition) is 6. The highest BCUT2D eigenvalue weighted by Gasteiger charge is 2.54. The second-order valence-corrected chi connectivity index (χ2v) is 10.8. The van der Waals surface area contributed by atoms with Crippen LogP contribution in [0.2, 0.25) is 0 Å². The Balaban J connectivity index is 1.83. The Labute approximate surface area is 225 Å². The molecule has 7 nitrogen and oxygen atoms in total. The quantitative estimate of drug-likeness (QED) is 0.399. The molecule has 1 aliphatic carbocycles. The summed E-state index contributed by atoms with van der Waals surface area (Å²) in [4.78, 5) is 32.8. The zero-order valence-electron chi connectivity index (χ0n) is 22.5. The van der Waals surface area contributed by atoms with Gasteiger partial charge in [-0.1, -0.05) is 36.4 Å². The van der Waals surface area contributed by atoms with Gasteiger partial charge in [0.05, 0.1) is 23.6 Å². The molecule has 0 unspecified atom stereocenters. The highest BCUT2D eigenvalue weighted by atomic mass is 19.4. The van der Waals surface area contributed by atoms with E-state index in [1.807, 2.05) is 30.3 Å². The number of Topliss-reactive ketones (excluding diaryl/α,β-unsaturated/α-hetero) is 1. The molecule has 4 rings (SSSR count). The van der Waals surface area contributed by atoms with E-state index in [-0.39, 0.29) is 36.9 Å². The molecule has 210 valence electrons. The lowest BCUT2D eigenvalue weighted by molar-refractivity contribution is -0.137. The third-order valence-corrected chi connectivity index (χ3v) is 6.88. The molecule has 2 heterocycles. The van der Waals surface area contributed by atoms with Crippen LogP contribution in [0, 0.1) is 5.41 Å². The number of rotatable bonds is 6. The highest BCUT2D eigenvalue weighted by molar-refractivity contribution is 6.03. The predicted molar refractivity (Wildman–Crippen MR) is 138 cm³/mol. The van der Waals surface area contributed by atoms with Crippen molar-refractivity contribution in [3.63, 3.8) is 0 Å². The van der Waals surface area contributed by atoms with E-state index in [1.54, 1.807) is 31.7 Å². The van der Waals surface area contributed by atoms with Crippen LogP contribution < -0.4 is 4.74 Å². The second-order valence-electron chi connectivity index (χ2n) is 10.8. The van der Waals surface area contributed by atoms with E-state index in [0.717, 1.165) is 17.8 Å². The van der Waals surface area contributed by atoms with E-state index in [9.17, 15) is 22.8 Å². The normalized spacial score (nSPS) is 21.7. The number of amides is 1. The number of halogens is 3. The van der Waals surface area contributed by atoms with Crippen LogP contribution in [0.3, 0.4) is 0 Å². The van der Waals surface area contributed by atoms with Crippen LogP contribution in [0.25, 0.3) is 5.57 Å². The average molecular weight is 547 g/mol. The van der Waals surface area contributed by atoms with Crippen molar-refractivity contribution in [2.75, 3.05) is 26.9 Å². The lowest BCUT2D eigenvalue weighted by Crippen LogP contribution is -2.51. The van der Waals surface area contributed by atoms with Crippen molar-refractivity contribution in [3.8, 4) is 5.88 Å². The van der Waals surface area contributed by atoms with Crippen molar-refractivity contribution >= 4 is 17.4 Å². The third-order valence-electron chi connectivity index (χ3n) is 6.88. The van der Waals surface area contributed by atoms with Crippen molar-refractivity contribution in [2.24, 2.45) is 5.41 Å². The molecule has 1 aliphatic heterocycles. The van der Waals surface area contributed by atoms with E-state index in [4.69, 9.17) is 14.2 Å². The number of likely N-dealkylation sites (tertiary alicyclic amines) is 1. The van der Waals surface area contributed by atoms with Crippen molar-refractivity contribution < 1.29 is 37.0 Å². The minimum absolute atomic E-state index is 0.00720. The van der Waals surface area contributed by atoms with Gasteiger partial charge in [0.1, 0.15) is 18.0 Å². The average Bonchev–Trinajstić information content (AvgIpc) is 3.18. The summed E-state index contributed by atoms with van der Waals surface area (Å²) in [5, 5.41) is 0. The monoisotopic (exact) mass is 546 g/mol. The molecule has 0 radical (unpaired) electrons. The number of hydrogen-bond donors (Lipinski definition) is 0. The minimum Gasteiger partial charge on any atom is -0.475 e. The smallest absolute Gasteiger partial charge is 0.417 e. The molecule has 2 aromatic rings. The van der Waals surface area contributed by atoms with Gasteiger partial charge in [-0.05, 0) is 50.8 Å². The summed E-state index contributed by atoms with van der Waals surface area (Å²) in [7, 11) is 1.48. The molecular weight excluding hydrogens is 513 g/mol. The van der Waals surface area contributed by atoms with Crippen LogP contribution in [-0.2, 0) is 20.4 Å². The summed E-state index contributed by atoms with van der Waals surface area (Å²) in [6.07, 6.45) is -1.89. The maximum absolute atomic E-state index is 13.9. The summed E-state index contributed by atoms with van der Waals surface area (Å²) < 4.78 is 57.2. The molecule has 0 bridgehead atoms. The fraction of sp³-hybridized carbons (Fsp3) is 0.483. The van der Waals surface area contributed by atoms with Gasteiger partial charge in [-0.15, -0.1) is 0 Å². The summed E-state index contributed by atoms with van der Waals surface area (Å²) in [6.45, 7) is 5.98. The summed E-state index contributed by atoms with van der Waals surface area (Å²) in [6, 6.07) is 9.47. The molecule has 1 aromatic carbocycles. The molecule has 2 aliphatic rings. The summed E-state index contributed by atoms with van der Waals surface area (Å²) >= 11 is 0. The van der Waals surface area contributed by atoms with Gasteiger partial charge >= 0.3 is 12.3 Å². The van der Waals surface area contributed by atoms with Gasteiger partial charge in [0.25, 0.3) is 0 Å². The standard InChI is InChI=1S/C29H33F3N2O5/c1-27(2,3)39-26(36)34-12-8-11-28(24(34)19-9-6-5-7-10-19)17-20(15-23(28)35)22-16-21(29(30,31)32)18-33-25(22)38-14-13-37-4/h5-7,9-10,16-18,24H,8,11-15H2,1-4H3/t24-,28-/m0/s1. The molecule has 1 spiro atoms. The van der Waals surface area contributed by atoms with Gasteiger partial charge in [0, 0.05) is 31.8 Å². The van der Waals surface area contributed by atoms with Crippen molar-refractivity contribution in [2.45, 2.75) is 57.9 Å². The zero-order chi connectivity index (χ0) is 28.4. The number of piperidine rings is 1. The lowest BCUT2D eigenvalue weighted by Gasteiger charge is -2.46. The van der Waals surface area contributed by atoms with E-state index in [1.165, 1.54) is 7.11 Å². The Kier molecular flexibility index (Phi) is 8.07. The first kappa shape index (κ1) is 28.6. The fourth-order valence-corrected chi connectivity index (χ4v) is 5.29. The number of pyridine rings is 1. The summed E-state index contributed by atoms with van der Waals surface area (Å²) in [5.41, 5.74) is -1.60. The van der Waals surface area contributed by atoms with Gasteiger partial charge < -0.3 is 14.2 Å². The number of benzene rings is 1. The van der Waals surface area contributed by atoms with E-state index in [0.29, 0.717) is 25.0 Å². The van der Waals surface area contributed by atoms with Crippen LogP contribution in [0.1, 0.15) is 62.8 Å². The van der Waals surface area contributed by atoms with Gasteiger partial charge in [-0.3, -0.25) is 9.69 Å². The number of aromatic nitrogens is 1. The van der Waals surface area contributed by atoms with E-state index < -0.39 is 34.9 Å². The molecule has 1 amide bonds. The van der Waals surface area contributed by atoms with E-state index >= 15 is 0 Å². The number of nitrogens with zero attached hydrogens (tertiary/aromatic N) is 2. The maximum Gasteiger partial charge on any atom is 0.417 e. The number of methoxy groups -OCH3 is 1. The van der Waals surface area contributed by atoms with Crippen molar-refractivity contribution in [3.05, 3.63) is 65.4 Å². The van der Waals surface area contributed by atoms with Gasteiger partial charge in [-0.25, -0.2) is 9.78 Å². The van der Waals surface area contributed by atoms with Crippen molar-refractivity contribution in [1.29, 1.82) is 0 Å². The highest BCUT2D eigenvalue weighted by Crippen LogP contribution is 2.54. The number of carbonyl (C=O) groups excluding carboxylic acids is 2. The van der Waals surface area contributed by atoms with Crippen LogP contribution in [0.15, 0.2) is 48.7 Å². The molecule has 0 N–H and O–H groups in total. The van der Waals surface area contributed by atoms with Crippen LogP contribution in [0.4, 0.5) is 18.0 Å². The van der Waals surface area contributed by atoms with Gasteiger partial charge in [0.2, 0.25) is 5.88 Å². The third kappa shape index (κ3) is 6.11. The Bertz CT molecular complexity index is 1240. The van der Waals surface area contributed by atoms with Crippen molar-refractivity contribution in [1.82, 2.24) is 9.88 Å². The molecule has 1 fully saturated rings. The molecule has 10 heteroatoms. The fourth-order valence-electron chi connectivity index (χ4n) is 5.29. The molecule has 1 saturated heterocycles. The predicted octanol–water partition coefficient (Wildman–Crippen LogP) is 6.24. The first-order chi connectivity index (χ1) is 18.4. The first-order valence-corrected chi connectivity index (χ1v) is 12.8. The minimum atomic E-state index is -4.63. The molecule has 0 saturated carbocycles. The number of ether oxygens (including phenoxy) is 3. The SMILES string of the molecule is COCCOc1ncc(C(F)(F)F)cc1C1=C[C@@]2(CCCN(C(=O)OC(C)(C)C)[C@H]2c2ccccc2)C(=O)C1. The largest absolute Gasteiger partial charge is 0.475 e. The Morgan fingerprint density at radius 3 is 2.51 bits per heavy atom. The Morgan fingerprint density at radius 1 is 1.15 bits per heavy atom. The number of ketones is 1. The van der Waals surface area contributed by atoms with E-state index in [2.05, 4.69) is 4.98 Å². The summed E-state index contributed by atoms with van der Waals surface area (Å²) in [5.74, 6) is -0.188. The Morgan fingerprint density at radius 2 is 1.87 bits per heavy atom. The maximum atomic E-state index is 13.9. The zero-order valence-corrected chi connectivity index (χ0v) is 22.5. The van der Waals surface area contributed by atoms with Gasteiger partial charge in [0.15, 0.2) is 0 Å². The number of alkyl halides is 3. The number of allylic oxidation sites excluding steroid dienone is 1. The molecule has 1 aromatic heterocycles. The van der Waals surface area contributed by atoms with Gasteiger partial charge in [-0.2, -0.15) is 13.2 Å². The molecule has 2 atom stereocenters. The van der Waals surface area contributed by atoms with Crippen LogP contribution in [0.5, 0.6) is 5.88 Å². The Hall–Kier alpha value is -3.40. The molecule has 39 heavy (non-hydrogen) atoms. The first-order valence-electron chi connectivity index (χ1n) is 12.8.